The fourth-order valence-electron chi connectivity index (χ4n) is 7.92. The Morgan fingerprint density at radius 2 is 1.68 bits per heavy atom. The molecular weight excluding hydrogens is 781 g/mol. The zero-order valence-electron chi connectivity index (χ0n) is 33.8. The lowest BCUT2D eigenvalue weighted by atomic mass is 9.87. The molecular formula is C42H50F2N9O7+. The summed E-state index contributed by atoms with van der Waals surface area (Å²) in [7, 11) is 0. The van der Waals surface area contributed by atoms with Crippen molar-refractivity contribution in [3.8, 4) is 11.4 Å². The molecule has 2 aliphatic rings. The van der Waals surface area contributed by atoms with E-state index in [-0.39, 0.29) is 42.9 Å². The number of anilines is 2. The van der Waals surface area contributed by atoms with Gasteiger partial charge in [-0.05, 0) is 74.4 Å². The standard InChI is InChI=1S/C42H49F2N9O7/c1-4-39(29(2)55)53-41(57)52(27-47-53)35-8-6-33(7-9-35)48-16-18-49(19-17-48)34-10-12-36(13-11-34)58-23-31-22-42(59-24-31,37-14-5-32(43)21-38(37)44)25-51-28-50(26-46-51)30(3)60-40(56)45-15-20-54/h5-14,20-21,26-31,39,55H,4,15-19,22-25H2,1-3H3/p+1/t29-,30?,31+,39-,42-/m0/s1. The summed E-state index contributed by atoms with van der Waals surface area (Å²) >= 11 is 0. The Bertz CT molecular complexity index is 2290. The molecule has 1 unspecified atom stereocenters. The number of nitrogens with zero attached hydrogens (tertiary/aromatic N) is 8. The molecule has 2 N–H and O–H groups in total. The van der Waals surface area contributed by atoms with Crippen LogP contribution in [0.25, 0.3) is 5.69 Å². The van der Waals surface area contributed by atoms with Crippen molar-refractivity contribution in [2.75, 3.05) is 55.7 Å². The molecule has 0 bridgehead atoms. The predicted molar refractivity (Wildman–Crippen MR) is 215 cm³/mol. The third-order valence-electron chi connectivity index (χ3n) is 11.1. The van der Waals surface area contributed by atoms with Gasteiger partial charge in [0.05, 0.1) is 37.6 Å². The minimum atomic E-state index is -1.18. The normalized spacial score (nSPS) is 19.5. The maximum atomic E-state index is 15.3. The van der Waals surface area contributed by atoms with Gasteiger partial charge in [-0.2, -0.15) is 9.67 Å². The van der Waals surface area contributed by atoms with E-state index in [2.05, 4.69) is 25.3 Å². The summed E-state index contributed by atoms with van der Waals surface area (Å²) in [6, 6.07) is 18.8. The van der Waals surface area contributed by atoms with E-state index in [1.807, 2.05) is 55.5 Å². The highest BCUT2D eigenvalue weighted by molar-refractivity contribution is 5.70. The number of amides is 1. The Kier molecular flexibility index (Phi) is 12.9. The molecule has 0 spiro atoms. The molecule has 7 rings (SSSR count). The lowest BCUT2D eigenvalue weighted by Crippen LogP contribution is -2.46. The molecule has 318 valence electrons. The molecule has 18 heteroatoms. The van der Waals surface area contributed by atoms with Crippen LogP contribution in [0.2, 0.25) is 0 Å². The minimum absolute atomic E-state index is 0.0925. The minimum Gasteiger partial charge on any atom is -0.493 e. The van der Waals surface area contributed by atoms with Crippen LogP contribution in [-0.4, -0.2) is 93.7 Å². The van der Waals surface area contributed by atoms with Gasteiger partial charge in [0.2, 0.25) is 12.6 Å². The fourth-order valence-corrected chi connectivity index (χ4v) is 7.92. The molecule has 2 fully saturated rings. The van der Waals surface area contributed by atoms with Crippen LogP contribution in [0.4, 0.5) is 25.0 Å². The van der Waals surface area contributed by atoms with Gasteiger partial charge in [-0.1, -0.05) is 13.0 Å². The number of hydrogen-bond donors (Lipinski definition) is 2. The summed E-state index contributed by atoms with van der Waals surface area (Å²) in [6.07, 6.45) is 3.83. The van der Waals surface area contributed by atoms with Gasteiger partial charge in [-0.3, -0.25) is 0 Å². The number of benzene rings is 3. The van der Waals surface area contributed by atoms with Crippen LogP contribution in [0.15, 0.2) is 90.5 Å². The van der Waals surface area contributed by atoms with Gasteiger partial charge < -0.3 is 39.2 Å². The number of aliphatic hydroxyl groups is 1. The zero-order chi connectivity index (χ0) is 42.4. The van der Waals surface area contributed by atoms with Crippen molar-refractivity contribution in [1.29, 1.82) is 0 Å². The molecule has 1 amide bonds. The Balaban J connectivity index is 0.930. The first kappa shape index (κ1) is 42.0. The van der Waals surface area contributed by atoms with Crippen molar-refractivity contribution >= 4 is 23.8 Å². The maximum absolute atomic E-state index is 15.3. The summed E-state index contributed by atoms with van der Waals surface area (Å²) in [5, 5.41) is 21.0. The van der Waals surface area contributed by atoms with E-state index in [4.69, 9.17) is 14.2 Å². The molecule has 2 saturated heterocycles. The number of hydrogen-bond acceptors (Lipinski definition) is 11. The van der Waals surface area contributed by atoms with E-state index < -0.39 is 35.7 Å². The Labute approximate surface area is 345 Å². The quantitative estimate of drug-likeness (QED) is 0.110. The molecule has 4 heterocycles. The Morgan fingerprint density at radius 1 is 1.02 bits per heavy atom. The second-order valence-corrected chi connectivity index (χ2v) is 15.2. The lowest BCUT2D eigenvalue weighted by Gasteiger charge is -2.37. The number of aromatic nitrogens is 6. The number of nitrogens with one attached hydrogen (secondary N) is 1. The Morgan fingerprint density at radius 3 is 2.32 bits per heavy atom. The fraction of sp³-hybridized carbons (Fsp3) is 0.429. The molecule has 16 nitrogen and oxygen atoms in total. The van der Waals surface area contributed by atoms with Gasteiger partial charge in [0.1, 0.15) is 42.1 Å². The lowest BCUT2D eigenvalue weighted by molar-refractivity contribution is -0.753. The highest BCUT2D eigenvalue weighted by atomic mass is 19.1. The maximum Gasteiger partial charge on any atom is 0.410 e. The highest BCUT2D eigenvalue weighted by Gasteiger charge is 2.46. The van der Waals surface area contributed by atoms with Crippen LogP contribution in [0, 0.1) is 17.6 Å². The number of aliphatic hydroxyl groups excluding tert-OH is 1. The van der Waals surface area contributed by atoms with Gasteiger partial charge in [0.15, 0.2) is 0 Å². The smallest absolute Gasteiger partial charge is 0.410 e. The van der Waals surface area contributed by atoms with Gasteiger partial charge in [0, 0.05) is 67.1 Å². The van der Waals surface area contributed by atoms with Crippen molar-refractivity contribution in [1.82, 2.24) is 29.4 Å². The first-order valence-corrected chi connectivity index (χ1v) is 20.0. The molecule has 0 radical (unpaired) electrons. The van der Waals surface area contributed by atoms with Crippen LogP contribution in [0.1, 0.15) is 51.4 Å². The van der Waals surface area contributed by atoms with Gasteiger partial charge >= 0.3 is 11.8 Å². The second kappa shape index (κ2) is 18.4. The molecule has 60 heavy (non-hydrogen) atoms. The molecule has 2 aliphatic heterocycles. The third-order valence-corrected chi connectivity index (χ3v) is 11.1. The van der Waals surface area contributed by atoms with E-state index >= 15 is 4.39 Å². The van der Waals surface area contributed by atoms with E-state index in [1.54, 1.807) is 29.4 Å². The van der Waals surface area contributed by atoms with Gasteiger partial charge in [-0.15, -0.1) is 4.68 Å². The van der Waals surface area contributed by atoms with Crippen molar-refractivity contribution < 1.29 is 42.3 Å². The molecule has 0 aliphatic carbocycles. The van der Waals surface area contributed by atoms with E-state index in [1.165, 1.54) is 34.0 Å². The summed E-state index contributed by atoms with van der Waals surface area (Å²) in [6.45, 7) is 8.94. The van der Waals surface area contributed by atoms with E-state index in [0.29, 0.717) is 37.2 Å². The van der Waals surface area contributed by atoms with Gasteiger partial charge in [-0.25, -0.2) is 27.6 Å². The number of alkyl carbamates (subject to hydrolysis) is 1. The SMILES string of the molecule is CC[C@@H]([C@H](C)O)n1ncn(-c2ccc(N3CCN(c4ccc(OC[C@@H]5CO[C@@](Cn6c[n+](C(C)OC(=O)NCC=O)cn6)(c6ccc(F)cc6F)C5)cc4)CC3)cc2)c1=O. The molecule has 2 aromatic heterocycles. The number of carbonyl (C=O) groups excluding carboxylic acids is 2. The first-order chi connectivity index (χ1) is 29.0. The second-order valence-electron chi connectivity index (χ2n) is 15.2. The largest absolute Gasteiger partial charge is 0.493 e. The Hall–Kier alpha value is -6.14. The number of halogens is 2. The predicted octanol–water partition coefficient (Wildman–Crippen LogP) is 3.91. The summed E-state index contributed by atoms with van der Waals surface area (Å²) in [5.41, 5.74) is 1.57. The van der Waals surface area contributed by atoms with Crippen molar-refractivity contribution in [3.63, 3.8) is 0 Å². The third kappa shape index (κ3) is 9.34. The number of aldehydes is 1. The highest BCUT2D eigenvalue weighted by Crippen LogP contribution is 2.42. The average molecular weight is 831 g/mol. The topological polar surface area (TPSA) is 162 Å². The number of rotatable bonds is 16. The molecule has 3 aromatic carbocycles. The summed E-state index contributed by atoms with van der Waals surface area (Å²) in [4.78, 5) is 40.2. The van der Waals surface area contributed by atoms with E-state index in [9.17, 15) is 23.9 Å². The number of piperazine rings is 1. The summed E-state index contributed by atoms with van der Waals surface area (Å²) in [5.74, 6) is -0.864. The van der Waals surface area contributed by atoms with Crippen LogP contribution < -0.4 is 30.1 Å². The average Bonchev–Trinajstić information content (AvgIpc) is 3.99. The molecule has 0 saturated carbocycles. The van der Waals surface area contributed by atoms with Crippen molar-refractivity contribution in [2.45, 2.75) is 64.1 Å². The van der Waals surface area contributed by atoms with Crippen LogP contribution in [0.3, 0.4) is 0 Å². The van der Waals surface area contributed by atoms with Crippen LogP contribution in [-0.2, 0) is 26.4 Å². The van der Waals surface area contributed by atoms with Crippen molar-refractivity contribution in [3.05, 3.63) is 113 Å². The monoisotopic (exact) mass is 830 g/mol. The van der Waals surface area contributed by atoms with Crippen LogP contribution in [0.5, 0.6) is 5.75 Å². The van der Waals surface area contributed by atoms with E-state index in [0.717, 1.165) is 43.6 Å². The number of ether oxygens (including phenoxy) is 3. The summed E-state index contributed by atoms with van der Waals surface area (Å²) < 4.78 is 53.1. The van der Waals surface area contributed by atoms with Crippen molar-refractivity contribution in [2.24, 2.45) is 5.92 Å². The number of carbonyl (C=O) groups is 2. The first-order valence-electron chi connectivity index (χ1n) is 20.0. The van der Waals surface area contributed by atoms with Crippen LogP contribution >= 0.6 is 0 Å². The molecule has 5 aromatic rings. The zero-order valence-corrected chi connectivity index (χ0v) is 33.8. The van der Waals surface area contributed by atoms with Gasteiger partial charge in [0.25, 0.3) is 6.33 Å². The molecule has 5 atom stereocenters.